The Morgan fingerprint density at radius 2 is 1.88 bits per heavy atom. The molecule has 128 valence electrons. The molecular formula is C17H19NO5S. The summed E-state index contributed by atoms with van der Waals surface area (Å²) in [6.45, 7) is 1.99. The van der Waals surface area contributed by atoms with E-state index in [1.54, 1.807) is 12.1 Å². The van der Waals surface area contributed by atoms with Crippen LogP contribution in [-0.4, -0.2) is 44.2 Å². The quantitative estimate of drug-likeness (QED) is 0.772. The molecule has 3 rings (SSSR count). The molecule has 0 spiro atoms. The lowest BCUT2D eigenvalue weighted by atomic mass is 9.91. The summed E-state index contributed by atoms with van der Waals surface area (Å²) in [7, 11) is -2.61. The van der Waals surface area contributed by atoms with Crippen LogP contribution < -0.4 is 0 Å². The number of fused-ring (bicyclic) bond motifs is 1. The third kappa shape index (κ3) is 2.89. The molecule has 2 aliphatic rings. The molecule has 1 fully saturated rings. The van der Waals surface area contributed by atoms with E-state index in [1.165, 1.54) is 29.6 Å². The van der Waals surface area contributed by atoms with E-state index in [2.05, 4.69) is 0 Å². The summed E-state index contributed by atoms with van der Waals surface area (Å²) in [5, 5.41) is 0. The van der Waals surface area contributed by atoms with Crippen molar-refractivity contribution in [1.29, 1.82) is 0 Å². The van der Waals surface area contributed by atoms with Gasteiger partial charge in [0.2, 0.25) is 10.0 Å². The van der Waals surface area contributed by atoms with Gasteiger partial charge in [-0.15, -0.1) is 0 Å². The van der Waals surface area contributed by atoms with E-state index in [0.29, 0.717) is 6.42 Å². The molecule has 2 atom stereocenters. The molecule has 1 aliphatic carbocycles. The number of hydrogen-bond acceptors (Lipinski definition) is 5. The number of rotatable bonds is 3. The first-order valence-electron chi connectivity index (χ1n) is 7.72. The first kappa shape index (κ1) is 16.9. The van der Waals surface area contributed by atoms with Crippen LogP contribution in [0.5, 0.6) is 0 Å². The number of hydrogen-bond donors (Lipinski definition) is 0. The van der Waals surface area contributed by atoms with Crippen LogP contribution in [0.3, 0.4) is 0 Å². The lowest BCUT2D eigenvalue weighted by Crippen LogP contribution is -2.51. The number of sulfonamides is 1. The summed E-state index contributed by atoms with van der Waals surface area (Å²) in [6.07, 6.45) is 2.04. The third-order valence-electron chi connectivity index (χ3n) is 4.60. The number of allylic oxidation sites excluding steroid dienone is 1. The van der Waals surface area contributed by atoms with Gasteiger partial charge in [-0.2, -0.15) is 4.31 Å². The summed E-state index contributed by atoms with van der Waals surface area (Å²) >= 11 is 0. The predicted molar refractivity (Wildman–Crippen MR) is 86.7 cm³/mol. The summed E-state index contributed by atoms with van der Waals surface area (Å²) in [4.78, 5) is 23.9. The lowest BCUT2D eigenvalue weighted by Gasteiger charge is -2.36. The van der Waals surface area contributed by atoms with Crippen molar-refractivity contribution < 1.29 is 22.7 Å². The number of piperidine rings is 1. The van der Waals surface area contributed by atoms with Gasteiger partial charge in [0.05, 0.1) is 12.0 Å². The van der Waals surface area contributed by atoms with Crippen LogP contribution in [0.2, 0.25) is 0 Å². The predicted octanol–water partition coefficient (Wildman–Crippen LogP) is 1.45. The maximum Gasteiger partial charge on any atom is 0.324 e. The highest BCUT2D eigenvalue weighted by atomic mass is 32.2. The monoisotopic (exact) mass is 349 g/mol. The number of benzene rings is 1. The minimum absolute atomic E-state index is 0.0202. The Bertz CT molecular complexity index is 810. The molecule has 0 bridgehead atoms. The summed E-state index contributed by atoms with van der Waals surface area (Å²) in [6, 6.07) is 5.56. The fraction of sp³-hybridized carbons (Fsp3) is 0.412. The normalized spacial score (nSPS) is 24.4. The Kier molecular flexibility index (Phi) is 4.31. The fourth-order valence-electron chi connectivity index (χ4n) is 3.28. The van der Waals surface area contributed by atoms with Gasteiger partial charge in [0.15, 0.2) is 5.78 Å². The van der Waals surface area contributed by atoms with E-state index >= 15 is 0 Å². The minimum atomic E-state index is -3.85. The Morgan fingerprint density at radius 3 is 2.50 bits per heavy atom. The molecule has 0 aromatic heterocycles. The lowest BCUT2D eigenvalue weighted by molar-refractivity contribution is -0.145. The number of esters is 1. The van der Waals surface area contributed by atoms with Gasteiger partial charge in [0.25, 0.3) is 0 Å². The van der Waals surface area contributed by atoms with Crippen LogP contribution in [0.25, 0.3) is 0 Å². The van der Waals surface area contributed by atoms with Crippen LogP contribution in [0.1, 0.15) is 18.4 Å². The Hall–Kier alpha value is -1.99. The average Bonchev–Trinajstić information content (AvgIpc) is 2.92. The van der Waals surface area contributed by atoms with Gasteiger partial charge in [0, 0.05) is 18.9 Å². The number of methoxy groups -OCH3 is 1. The van der Waals surface area contributed by atoms with Gasteiger partial charge < -0.3 is 4.74 Å². The number of ether oxygens (including phenoxy) is 1. The van der Waals surface area contributed by atoms with Crippen LogP contribution >= 0.6 is 0 Å². The van der Waals surface area contributed by atoms with Crippen LogP contribution in [0, 0.1) is 12.8 Å². The van der Waals surface area contributed by atoms with Gasteiger partial charge in [-0.05, 0) is 31.6 Å². The average molecular weight is 349 g/mol. The topological polar surface area (TPSA) is 80.8 Å². The van der Waals surface area contributed by atoms with E-state index in [0.717, 1.165) is 11.1 Å². The largest absolute Gasteiger partial charge is 0.468 e. The zero-order chi connectivity index (χ0) is 17.5. The van der Waals surface area contributed by atoms with Crippen molar-refractivity contribution in [1.82, 2.24) is 4.31 Å². The Morgan fingerprint density at radius 1 is 1.21 bits per heavy atom. The standard InChI is InChI=1S/C17H19NO5S/c1-11-3-5-15(6-4-11)24(21,22)18-10-13-8-14(19)7-12(13)9-16(18)17(20)23-2/h3-7,13,16H,8-10H2,1-2H3/t13-,16+/m1/s1. The van der Waals surface area contributed by atoms with Crippen molar-refractivity contribution in [3.05, 3.63) is 41.5 Å². The zero-order valence-electron chi connectivity index (χ0n) is 13.6. The van der Waals surface area contributed by atoms with Gasteiger partial charge in [-0.25, -0.2) is 8.42 Å². The summed E-state index contributed by atoms with van der Waals surface area (Å²) in [5.74, 6) is -0.781. The molecule has 1 aromatic carbocycles. The van der Waals surface area contributed by atoms with Gasteiger partial charge in [-0.1, -0.05) is 23.3 Å². The molecule has 7 heteroatoms. The molecule has 0 saturated carbocycles. The van der Waals surface area contributed by atoms with Gasteiger partial charge in [0.1, 0.15) is 6.04 Å². The Balaban J connectivity index is 1.99. The molecule has 0 amide bonds. The number of nitrogens with zero attached hydrogens (tertiary/aromatic N) is 1. The van der Waals surface area contributed by atoms with Crippen molar-refractivity contribution in [2.75, 3.05) is 13.7 Å². The molecule has 1 saturated heterocycles. The van der Waals surface area contributed by atoms with E-state index < -0.39 is 22.0 Å². The van der Waals surface area contributed by atoms with Gasteiger partial charge in [-0.3, -0.25) is 9.59 Å². The minimum Gasteiger partial charge on any atom is -0.468 e. The Labute approximate surface area is 141 Å². The second-order valence-electron chi connectivity index (χ2n) is 6.22. The summed E-state index contributed by atoms with van der Waals surface area (Å²) < 4.78 is 32.0. The second kappa shape index (κ2) is 6.14. The zero-order valence-corrected chi connectivity index (χ0v) is 14.4. The van der Waals surface area contributed by atoms with Crippen LogP contribution in [0.4, 0.5) is 0 Å². The van der Waals surface area contributed by atoms with Crippen molar-refractivity contribution in [3.8, 4) is 0 Å². The van der Waals surface area contributed by atoms with Gasteiger partial charge >= 0.3 is 5.97 Å². The van der Waals surface area contributed by atoms with Crippen molar-refractivity contribution in [3.63, 3.8) is 0 Å². The molecule has 6 nitrogen and oxygen atoms in total. The van der Waals surface area contributed by atoms with E-state index in [-0.39, 0.29) is 29.6 Å². The van der Waals surface area contributed by atoms with E-state index in [1.807, 2.05) is 6.92 Å². The SMILES string of the molecule is COC(=O)[C@@H]1CC2=CC(=O)C[C@@H]2CN1S(=O)(=O)c1ccc(C)cc1. The van der Waals surface area contributed by atoms with Crippen LogP contribution in [0.15, 0.2) is 40.8 Å². The molecular weight excluding hydrogens is 330 g/mol. The smallest absolute Gasteiger partial charge is 0.324 e. The highest BCUT2D eigenvalue weighted by Crippen LogP contribution is 2.37. The summed E-state index contributed by atoms with van der Waals surface area (Å²) in [5.41, 5.74) is 1.79. The van der Waals surface area contributed by atoms with E-state index in [9.17, 15) is 18.0 Å². The first-order chi connectivity index (χ1) is 11.3. The highest BCUT2D eigenvalue weighted by Gasteiger charge is 2.45. The molecule has 0 unspecified atom stereocenters. The fourth-order valence-corrected chi connectivity index (χ4v) is 4.91. The second-order valence-corrected chi connectivity index (χ2v) is 8.11. The number of carbonyl (C=O) groups is 2. The first-order valence-corrected chi connectivity index (χ1v) is 9.16. The van der Waals surface area contributed by atoms with Crippen molar-refractivity contribution in [2.45, 2.75) is 30.7 Å². The maximum absolute atomic E-state index is 13.0. The molecule has 1 aromatic rings. The van der Waals surface area contributed by atoms with Crippen LogP contribution in [-0.2, 0) is 24.3 Å². The molecule has 1 heterocycles. The number of ketones is 1. The molecule has 0 radical (unpaired) electrons. The number of aryl methyl sites for hydroxylation is 1. The molecule has 0 N–H and O–H groups in total. The van der Waals surface area contributed by atoms with E-state index in [4.69, 9.17) is 4.74 Å². The molecule has 24 heavy (non-hydrogen) atoms. The van der Waals surface area contributed by atoms with Crippen molar-refractivity contribution in [2.24, 2.45) is 5.92 Å². The molecule has 1 aliphatic heterocycles. The third-order valence-corrected chi connectivity index (χ3v) is 6.49. The number of carbonyl (C=O) groups excluding carboxylic acids is 2. The maximum atomic E-state index is 13.0. The van der Waals surface area contributed by atoms with Crippen molar-refractivity contribution >= 4 is 21.8 Å². The highest BCUT2D eigenvalue weighted by molar-refractivity contribution is 7.89.